The van der Waals surface area contributed by atoms with E-state index in [1.54, 1.807) is 31.2 Å². The van der Waals surface area contributed by atoms with Gasteiger partial charge in [0.1, 0.15) is 18.1 Å². The highest BCUT2D eigenvalue weighted by atomic mass is 19.4. The predicted molar refractivity (Wildman–Crippen MR) is 117 cm³/mol. The molecule has 8 heteroatoms. The SMILES string of the molecule is Cc1ccc(OCc2ccc(-c3ccc(C(F)(F)F)cc3)nc2C)cc1OC(C)(C)C(=O)O. The lowest BCUT2D eigenvalue weighted by Gasteiger charge is -2.23. The van der Waals surface area contributed by atoms with Gasteiger partial charge in [-0.25, -0.2) is 4.79 Å². The maximum absolute atomic E-state index is 12.8. The number of halogens is 3. The molecule has 174 valence electrons. The maximum atomic E-state index is 12.8. The number of aromatic nitrogens is 1. The fourth-order valence-corrected chi connectivity index (χ4v) is 2.99. The quantitative estimate of drug-likeness (QED) is 0.455. The lowest BCUT2D eigenvalue weighted by atomic mass is 10.1. The topological polar surface area (TPSA) is 68.7 Å². The monoisotopic (exact) mass is 459 g/mol. The molecule has 0 radical (unpaired) electrons. The highest BCUT2D eigenvalue weighted by Crippen LogP contribution is 2.31. The van der Waals surface area contributed by atoms with Gasteiger partial charge in [-0.15, -0.1) is 0 Å². The average molecular weight is 459 g/mol. The molecule has 1 N–H and O–H groups in total. The van der Waals surface area contributed by atoms with Gasteiger partial charge in [-0.05, 0) is 57.5 Å². The standard InChI is InChI=1S/C25H24F3NO4/c1-15-5-11-20(13-22(15)33-24(3,4)23(30)31)32-14-18-8-12-21(29-16(18)2)17-6-9-19(10-7-17)25(26,27)28/h5-13H,14H2,1-4H3,(H,30,31). The molecule has 2 aromatic carbocycles. The lowest BCUT2D eigenvalue weighted by molar-refractivity contribution is -0.152. The second-order valence-corrected chi connectivity index (χ2v) is 8.15. The lowest BCUT2D eigenvalue weighted by Crippen LogP contribution is -2.38. The van der Waals surface area contributed by atoms with Crippen molar-refractivity contribution < 1.29 is 32.5 Å². The van der Waals surface area contributed by atoms with Crippen LogP contribution < -0.4 is 9.47 Å². The van der Waals surface area contributed by atoms with Gasteiger partial charge in [-0.1, -0.05) is 24.3 Å². The van der Waals surface area contributed by atoms with Crippen molar-refractivity contribution in [3.8, 4) is 22.8 Å². The molecule has 0 saturated carbocycles. The number of alkyl halides is 3. The number of ether oxygens (including phenoxy) is 2. The molecule has 1 heterocycles. The molecule has 5 nitrogen and oxygen atoms in total. The Kier molecular flexibility index (Phi) is 6.67. The Hall–Kier alpha value is -3.55. The van der Waals surface area contributed by atoms with E-state index in [9.17, 15) is 23.1 Å². The number of pyridine rings is 1. The van der Waals surface area contributed by atoms with Gasteiger partial charge in [0, 0.05) is 22.9 Å². The number of carboxylic acid groups (broad SMARTS) is 1. The highest BCUT2D eigenvalue weighted by Gasteiger charge is 2.30. The number of carbonyl (C=O) groups is 1. The molecule has 3 aromatic rings. The van der Waals surface area contributed by atoms with Crippen LogP contribution in [0.25, 0.3) is 11.3 Å². The molecule has 0 aliphatic carbocycles. The summed E-state index contributed by atoms with van der Waals surface area (Å²) in [5.74, 6) is -0.168. The van der Waals surface area contributed by atoms with Crippen LogP contribution in [0.1, 0.15) is 36.2 Å². The van der Waals surface area contributed by atoms with Crippen LogP contribution in [0.15, 0.2) is 54.6 Å². The summed E-state index contributed by atoms with van der Waals surface area (Å²) < 4.78 is 49.8. The molecule has 0 fully saturated rings. The summed E-state index contributed by atoms with van der Waals surface area (Å²) in [6.07, 6.45) is -4.38. The summed E-state index contributed by atoms with van der Waals surface area (Å²) >= 11 is 0. The van der Waals surface area contributed by atoms with Crippen LogP contribution >= 0.6 is 0 Å². The molecule has 0 amide bonds. The van der Waals surface area contributed by atoms with Crippen molar-refractivity contribution in [2.24, 2.45) is 0 Å². The molecule has 3 rings (SSSR count). The van der Waals surface area contributed by atoms with Crippen molar-refractivity contribution in [3.05, 3.63) is 77.0 Å². The fourth-order valence-electron chi connectivity index (χ4n) is 2.99. The number of rotatable bonds is 7. The Morgan fingerprint density at radius 1 is 1.00 bits per heavy atom. The first-order chi connectivity index (χ1) is 15.4. The van der Waals surface area contributed by atoms with Crippen LogP contribution in [-0.4, -0.2) is 21.7 Å². The first-order valence-corrected chi connectivity index (χ1v) is 10.2. The second-order valence-electron chi connectivity index (χ2n) is 8.15. The zero-order valence-corrected chi connectivity index (χ0v) is 18.7. The molecule has 0 bridgehead atoms. The number of nitrogens with zero attached hydrogens (tertiary/aromatic N) is 1. The van der Waals surface area contributed by atoms with Crippen molar-refractivity contribution in [2.75, 3.05) is 0 Å². The van der Waals surface area contributed by atoms with E-state index in [0.717, 1.165) is 23.3 Å². The van der Waals surface area contributed by atoms with Crippen LogP contribution in [0.5, 0.6) is 11.5 Å². The summed E-state index contributed by atoms with van der Waals surface area (Å²) in [6.45, 7) is 6.75. The van der Waals surface area contributed by atoms with Gasteiger partial charge in [0.15, 0.2) is 5.60 Å². The van der Waals surface area contributed by atoms with E-state index in [0.29, 0.717) is 28.5 Å². The fraction of sp³-hybridized carbons (Fsp3) is 0.280. The first kappa shape index (κ1) is 24.1. The van der Waals surface area contributed by atoms with Gasteiger partial charge in [0.05, 0.1) is 11.3 Å². The zero-order valence-electron chi connectivity index (χ0n) is 18.7. The zero-order chi connectivity index (χ0) is 24.4. The van der Waals surface area contributed by atoms with Crippen molar-refractivity contribution >= 4 is 5.97 Å². The molecular weight excluding hydrogens is 435 g/mol. The van der Waals surface area contributed by atoms with E-state index in [1.165, 1.54) is 26.0 Å². The summed E-state index contributed by atoms with van der Waals surface area (Å²) in [6, 6.07) is 13.6. The van der Waals surface area contributed by atoms with Gasteiger partial charge in [-0.3, -0.25) is 4.98 Å². The average Bonchev–Trinajstić information content (AvgIpc) is 2.74. The third kappa shape index (κ3) is 5.83. The van der Waals surface area contributed by atoms with Crippen LogP contribution in [0.4, 0.5) is 13.2 Å². The summed E-state index contributed by atoms with van der Waals surface area (Å²) in [4.78, 5) is 15.8. The molecular formula is C25H24F3NO4. The van der Waals surface area contributed by atoms with E-state index >= 15 is 0 Å². The Morgan fingerprint density at radius 2 is 1.67 bits per heavy atom. The minimum absolute atomic E-state index is 0.205. The number of carboxylic acids is 1. The molecule has 1 aromatic heterocycles. The molecule has 0 saturated heterocycles. The third-order valence-corrected chi connectivity index (χ3v) is 5.14. The molecule has 0 atom stereocenters. The van der Waals surface area contributed by atoms with E-state index in [1.807, 2.05) is 13.0 Å². The number of aliphatic carboxylic acids is 1. The third-order valence-electron chi connectivity index (χ3n) is 5.14. The van der Waals surface area contributed by atoms with Gasteiger partial charge >= 0.3 is 12.1 Å². The summed E-state index contributed by atoms with van der Waals surface area (Å²) in [5, 5.41) is 9.29. The molecule has 0 spiro atoms. The van der Waals surface area contributed by atoms with E-state index in [-0.39, 0.29) is 6.61 Å². The van der Waals surface area contributed by atoms with E-state index in [4.69, 9.17) is 9.47 Å². The molecule has 33 heavy (non-hydrogen) atoms. The van der Waals surface area contributed by atoms with Gasteiger partial charge in [0.2, 0.25) is 0 Å². The number of aryl methyl sites for hydroxylation is 2. The maximum Gasteiger partial charge on any atom is 0.416 e. The van der Waals surface area contributed by atoms with Gasteiger partial charge < -0.3 is 14.6 Å². The van der Waals surface area contributed by atoms with Gasteiger partial charge in [0.25, 0.3) is 0 Å². The highest BCUT2D eigenvalue weighted by molar-refractivity contribution is 5.76. The Bertz CT molecular complexity index is 1160. The number of hydrogen-bond donors (Lipinski definition) is 1. The normalized spacial score (nSPS) is 11.8. The minimum Gasteiger partial charge on any atom is -0.489 e. The van der Waals surface area contributed by atoms with Crippen molar-refractivity contribution in [3.63, 3.8) is 0 Å². The van der Waals surface area contributed by atoms with Crippen LogP contribution in [0, 0.1) is 13.8 Å². The van der Waals surface area contributed by atoms with E-state index < -0.39 is 23.3 Å². The Labute approximate surface area is 189 Å². The number of benzene rings is 2. The summed E-state index contributed by atoms with van der Waals surface area (Å²) in [5.41, 5.74) is 1.31. The predicted octanol–water partition coefficient (Wildman–Crippen LogP) is 6.21. The summed E-state index contributed by atoms with van der Waals surface area (Å²) in [7, 11) is 0. The smallest absolute Gasteiger partial charge is 0.416 e. The molecule has 0 unspecified atom stereocenters. The van der Waals surface area contributed by atoms with Crippen LogP contribution in [0.3, 0.4) is 0 Å². The van der Waals surface area contributed by atoms with E-state index in [2.05, 4.69) is 4.98 Å². The Morgan fingerprint density at radius 3 is 2.24 bits per heavy atom. The molecule has 0 aliphatic heterocycles. The first-order valence-electron chi connectivity index (χ1n) is 10.2. The largest absolute Gasteiger partial charge is 0.489 e. The molecule has 0 aliphatic rings. The van der Waals surface area contributed by atoms with Crippen LogP contribution in [-0.2, 0) is 17.6 Å². The second kappa shape index (κ2) is 9.13. The number of hydrogen-bond acceptors (Lipinski definition) is 4. The van der Waals surface area contributed by atoms with Crippen molar-refractivity contribution in [1.82, 2.24) is 4.98 Å². The van der Waals surface area contributed by atoms with Gasteiger partial charge in [-0.2, -0.15) is 13.2 Å². The minimum atomic E-state index is -4.38. The van der Waals surface area contributed by atoms with Crippen molar-refractivity contribution in [2.45, 2.75) is 46.1 Å². The van der Waals surface area contributed by atoms with Crippen LogP contribution in [0.2, 0.25) is 0 Å². The van der Waals surface area contributed by atoms with Crippen molar-refractivity contribution in [1.29, 1.82) is 0 Å². The Balaban J connectivity index is 1.72.